The van der Waals surface area contributed by atoms with Gasteiger partial charge in [-0.05, 0) is 32.6 Å². The second-order valence-corrected chi connectivity index (χ2v) is 6.37. The van der Waals surface area contributed by atoms with E-state index in [2.05, 4.69) is 10.0 Å². The first kappa shape index (κ1) is 10.4. The summed E-state index contributed by atoms with van der Waals surface area (Å²) in [6.07, 6.45) is 4.31. The minimum Gasteiger partial charge on any atom is -0.311 e. The molecule has 0 aliphatic carbocycles. The van der Waals surface area contributed by atoms with Crippen molar-refractivity contribution in [2.24, 2.45) is 0 Å². The van der Waals surface area contributed by atoms with E-state index in [0.717, 1.165) is 12.8 Å². The molecular formula is C9H18N2O2S. The van der Waals surface area contributed by atoms with Crippen molar-refractivity contribution in [1.29, 1.82) is 0 Å². The monoisotopic (exact) mass is 218 g/mol. The van der Waals surface area contributed by atoms with Crippen molar-refractivity contribution in [3.8, 4) is 0 Å². The largest absolute Gasteiger partial charge is 0.311 e. The van der Waals surface area contributed by atoms with E-state index in [1.165, 1.54) is 12.8 Å². The maximum atomic E-state index is 11.4. The van der Waals surface area contributed by atoms with Crippen LogP contribution in [-0.2, 0) is 10.0 Å². The number of fused-ring (bicyclic) bond motifs is 2. The summed E-state index contributed by atoms with van der Waals surface area (Å²) >= 11 is 0. The summed E-state index contributed by atoms with van der Waals surface area (Å²) in [5.41, 5.74) is 0. The molecule has 2 saturated heterocycles. The van der Waals surface area contributed by atoms with Gasteiger partial charge in [0.1, 0.15) is 0 Å². The number of sulfonamides is 1. The lowest BCUT2D eigenvalue weighted by molar-refractivity contribution is 0.345. The summed E-state index contributed by atoms with van der Waals surface area (Å²) in [4.78, 5) is 0. The number of rotatable bonds is 3. The van der Waals surface area contributed by atoms with E-state index < -0.39 is 10.0 Å². The van der Waals surface area contributed by atoms with Crippen LogP contribution in [0.5, 0.6) is 0 Å². The zero-order chi connectivity index (χ0) is 10.2. The minimum atomic E-state index is -3.02. The smallest absolute Gasteiger partial charge is 0.211 e. The fourth-order valence-electron chi connectivity index (χ4n) is 2.49. The van der Waals surface area contributed by atoms with Gasteiger partial charge in [0.2, 0.25) is 10.0 Å². The third-order valence-corrected chi connectivity index (χ3v) is 4.65. The topological polar surface area (TPSA) is 58.2 Å². The van der Waals surface area contributed by atoms with E-state index in [-0.39, 0.29) is 11.8 Å². The predicted octanol–water partition coefficient (Wildman–Crippen LogP) is 0.209. The Morgan fingerprint density at radius 3 is 2.36 bits per heavy atom. The van der Waals surface area contributed by atoms with Crippen molar-refractivity contribution in [3.05, 3.63) is 0 Å². The van der Waals surface area contributed by atoms with Crippen molar-refractivity contribution in [1.82, 2.24) is 10.0 Å². The van der Waals surface area contributed by atoms with Gasteiger partial charge in [-0.2, -0.15) is 0 Å². The zero-order valence-corrected chi connectivity index (χ0v) is 9.31. The Bertz CT molecular complexity index is 290. The van der Waals surface area contributed by atoms with Crippen molar-refractivity contribution in [2.75, 3.05) is 5.75 Å². The summed E-state index contributed by atoms with van der Waals surface area (Å²) in [6.45, 7) is 1.68. The van der Waals surface area contributed by atoms with Crippen LogP contribution in [0.2, 0.25) is 0 Å². The van der Waals surface area contributed by atoms with E-state index in [9.17, 15) is 8.42 Å². The van der Waals surface area contributed by atoms with Gasteiger partial charge in [0.15, 0.2) is 0 Å². The highest BCUT2D eigenvalue weighted by molar-refractivity contribution is 7.89. The summed E-state index contributed by atoms with van der Waals surface area (Å²) in [5.74, 6) is 0.187. The van der Waals surface area contributed by atoms with Crippen LogP contribution in [0.3, 0.4) is 0 Å². The molecular weight excluding hydrogens is 200 g/mol. The highest BCUT2D eigenvalue weighted by atomic mass is 32.2. The summed E-state index contributed by atoms with van der Waals surface area (Å²) in [5, 5.41) is 3.49. The Morgan fingerprint density at radius 2 is 1.86 bits per heavy atom. The Balaban J connectivity index is 1.94. The molecule has 0 saturated carbocycles. The maximum Gasteiger partial charge on any atom is 0.211 e. The number of nitrogens with one attached hydrogen (secondary N) is 2. The highest BCUT2D eigenvalue weighted by Gasteiger charge is 2.34. The SMILES string of the molecule is CCS(=O)(=O)NC1C[C@H]2CC[C@@H](C1)N2. The van der Waals surface area contributed by atoms with E-state index >= 15 is 0 Å². The van der Waals surface area contributed by atoms with Crippen molar-refractivity contribution < 1.29 is 8.42 Å². The molecule has 4 nitrogen and oxygen atoms in total. The van der Waals surface area contributed by atoms with E-state index in [1.807, 2.05) is 0 Å². The Kier molecular flexibility index (Phi) is 2.81. The first-order valence-corrected chi connectivity index (χ1v) is 7.00. The molecule has 2 fully saturated rings. The molecule has 2 N–H and O–H groups in total. The van der Waals surface area contributed by atoms with Gasteiger partial charge >= 0.3 is 0 Å². The zero-order valence-electron chi connectivity index (χ0n) is 8.49. The molecule has 0 radical (unpaired) electrons. The average Bonchev–Trinajstić information content (AvgIpc) is 2.45. The molecule has 2 bridgehead atoms. The van der Waals surface area contributed by atoms with Gasteiger partial charge < -0.3 is 5.32 Å². The molecule has 2 aliphatic heterocycles. The van der Waals surface area contributed by atoms with Crippen LogP contribution in [0.15, 0.2) is 0 Å². The number of piperidine rings is 1. The van der Waals surface area contributed by atoms with Gasteiger partial charge in [0.05, 0.1) is 5.75 Å². The third kappa shape index (κ3) is 2.27. The molecule has 0 spiro atoms. The third-order valence-electron chi connectivity index (χ3n) is 3.20. The summed E-state index contributed by atoms with van der Waals surface area (Å²) < 4.78 is 25.5. The molecule has 14 heavy (non-hydrogen) atoms. The quantitative estimate of drug-likeness (QED) is 0.712. The highest BCUT2D eigenvalue weighted by Crippen LogP contribution is 2.26. The lowest BCUT2D eigenvalue weighted by Crippen LogP contribution is -2.48. The Hall–Kier alpha value is -0.130. The number of hydrogen-bond donors (Lipinski definition) is 2. The van der Waals surface area contributed by atoms with Crippen LogP contribution < -0.4 is 10.0 Å². The lowest BCUT2D eigenvalue weighted by atomic mass is 10.0. The van der Waals surface area contributed by atoms with Crippen molar-refractivity contribution >= 4 is 10.0 Å². The first-order chi connectivity index (χ1) is 6.59. The van der Waals surface area contributed by atoms with E-state index in [0.29, 0.717) is 12.1 Å². The Labute approximate surface area is 85.5 Å². The van der Waals surface area contributed by atoms with Crippen LogP contribution in [-0.4, -0.2) is 32.3 Å². The normalized spacial score (nSPS) is 37.4. The van der Waals surface area contributed by atoms with E-state index in [4.69, 9.17) is 0 Å². The van der Waals surface area contributed by atoms with Crippen LogP contribution in [0, 0.1) is 0 Å². The molecule has 5 heteroatoms. The molecule has 0 amide bonds. The van der Waals surface area contributed by atoms with Crippen LogP contribution >= 0.6 is 0 Å². The van der Waals surface area contributed by atoms with Crippen LogP contribution in [0.25, 0.3) is 0 Å². The van der Waals surface area contributed by atoms with Crippen LogP contribution in [0.1, 0.15) is 32.6 Å². The number of hydrogen-bond acceptors (Lipinski definition) is 3. The molecule has 0 aromatic rings. The second kappa shape index (κ2) is 3.79. The fraction of sp³-hybridized carbons (Fsp3) is 1.00. The summed E-state index contributed by atoms with van der Waals surface area (Å²) in [6, 6.07) is 1.25. The molecule has 2 rings (SSSR count). The van der Waals surface area contributed by atoms with Gasteiger partial charge in [-0.1, -0.05) is 0 Å². The second-order valence-electron chi connectivity index (χ2n) is 4.33. The average molecular weight is 218 g/mol. The van der Waals surface area contributed by atoms with E-state index in [1.54, 1.807) is 6.92 Å². The van der Waals surface area contributed by atoms with Crippen molar-refractivity contribution in [2.45, 2.75) is 50.7 Å². The molecule has 0 aromatic carbocycles. The van der Waals surface area contributed by atoms with Crippen LogP contribution in [0.4, 0.5) is 0 Å². The van der Waals surface area contributed by atoms with Gasteiger partial charge in [0.25, 0.3) is 0 Å². The van der Waals surface area contributed by atoms with Gasteiger partial charge in [0, 0.05) is 18.1 Å². The van der Waals surface area contributed by atoms with Crippen molar-refractivity contribution in [3.63, 3.8) is 0 Å². The Morgan fingerprint density at radius 1 is 1.29 bits per heavy atom. The first-order valence-electron chi connectivity index (χ1n) is 5.35. The molecule has 3 atom stereocenters. The summed E-state index contributed by atoms with van der Waals surface area (Å²) in [7, 11) is -3.02. The minimum absolute atomic E-state index is 0.165. The predicted molar refractivity (Wildman–Crippen MR) is 55.6 cm³/mol. The standard InChI is InChI=1S/C9H18N2O2S/c1-2-14(12,13)11-9-5-7-3-4-8(6-9)10-7/h7-11H,2-6H2,1H3/t7-,8+,9?. The molecule has 0 aromatic heterocycles. The molecule has 2 heterocycles. The lowest BCUT2D eigenvalue weighted by Gasteiger charge is -2.29. The molecule has 82 valence electrons. The molecule has 1 unspecified atom stereocenters. The molecule has 2 aliphatic rings. The van der Waals surface area contributed by atoms with Gasteiger partial charge in [-0.25, -0.2) is 13.1 Å². The van der Waals surface area contributed by atoms with Gasteiger partial charge in [-0.3, -0.25) is 0 Å². The van der Waals surface area contributed by atoms with Gasteiger partial charge in [-0.15, -0.1) is 0 Å². The maximum absolute atomic E-state index is 11.4. The fourth-order valence-corrected chi connectivity index (χ4v) is 3.36.